The van der Waals surface area contributed by atoms with Crippen LogP contribution in [-0.4, -0.2) is 21.5 Å². The van der Waals surface area contributed by atoms with Gasteiger partial charge in [-0.05, 0) is 12.1 Å². The first kappa shape index (κ1) is 11.7. The van der Waals surface area contributed by atoms with Crippen molar-refractivity contribution in [2.45, 2.75) is 9.65 Å². The molecule has 0 N–H and O–H groups in total. The number of benzene rings is 1. The summed E-state index contributed by atoms with van der Waals surface area (Å²) in [6, 6.07) is 5.68. The van der Waals surface area contributed by atoms with E-state index in [1.807, 2.05) is 0 Å². The number of anilines is 1. The number of nitrogens with zero attached hydrogens (tertiary/aromatic N) is 1. The smallest absolute Gasteiger partial charge is 0.249 e. The molecule has 1 fully saturated rings. The Labute approximate surface area is 108 Å². The lowest BCUT2D eigenvalue weighted by Crippen LogP contribution is -2.31. The van der Waals surface area contributed by atoms with E-state index in [2.05, 4.69) is 31.9 Å². The number of halogens is 3. The maximum Gasteiger partial charge on any atom is 0.249 e. The number of carbonyl (C=O) groups excluding carboxylic acids is 2. The number of imide groups is 1. The Balaban J connectivity index is 2.47. The molecule has 84 valence electrons. The second kappa shape index (κ2) is 4.25. The highest BCUT2D eigenvalue weighted by Crippen LogP contribution is 2.32. The molecule has 0 aliphatic carbocycles. The molecule has 1 saturated heterocycles. The third-order valence-electron chi connectivity index (χ3n) is 2.26. The van der Waals surface area contributed by atoms with E-state index < -0.39 is 27.3 Å². The number of para-hydroxylation sites is 1. The van der Waals surface area contributed by atoms with Crippen LogP contribution in [0.25, 0.3) is 0 Å². The highest BCUT2D eigenvalue weighted by Gasteiger charge is 2.46. The van der Waals surface area contributed by atoms with E-state index in [-0.39, 0.29) is 5.69 Å². The Morgan fingerprint density at radius 3 is 2.06 bits per heavy atom. The van der Waals surface area contributed by atoms with Crippen LogP contribution in [0.2, 0.25) is 0 Å². The van der Waals surface area contributed by atoms with E-state index >= 15 is 0 Å². The van der Waals surface area contributed by atoms with Crippen molar-refractivity contribution in [3.63, 3.8) is 0 Å². The van der Waals surface area contributed by atoms with Crippen molar-refractivity contribution in [3.8, 4) is 0 Å². The van der Waals surface area contributed by atoms with Crippen LogP contribution in [0.4, 0.5) is 10.1 Å². The van der Waals surface area contributed by atoms with E-state index in [1.54, 1.807) is 6.07 Å². The van der Waals surface area contributed by atoms with Gasteiger partial charge in [-0.25, -0.2) is 9.29 Å². The fourth-order valence-electron chi connectivity index (χ4n) is 1.48. The summed E-state index contributed by atoms with van der Waals surface area (Å²) in [5.74, 6) is -1.51. The van der Waals surface area contributed by atoms with Gasteiger partial charge in [0.2, 0.25) is 11.8 Å². The van der Waals surface area contributed by atoms with Crippen molar-refractivity contribution >= 4 is 49.4 Å². The van der Waals surface area contributed by atoms with Gasteiger partial charge in [0.05, 0.1) is 5.69 Å². The van der Waals surface area contributed by atoms with Gasteiger partial charge in [-0.2, -0.15) is 0 Å². The van der Waals surface area contributed by atoms with Crippen molar-refractivity contribution in [2.75, 3.05) is 4.90 Å². The SMILES string of the molecule is O=C1[C@@H](Br)[C@H](Br)C(=O)N1c1ccccc1F. The zero-order chi connectivity index (χ0) is 11.9. The standard InChI is InChI=1S/C10H6Br2FNO2/c11-7-8(12)10(16)14(9(7)15)6-4-2-1-3-5(6)13/h1-4,7-8H/t7-,8-/m0/s1. The normalized spacial score (nSPS) is 25.3. The van der Waals surface area contributed by atoms with Gasteiger partial charge in [0.15, 0.2) is 0 Å². The predicted molar refractivity (Wildman–Crippen MR) is 64.3 cm³/mol. The molecular formula is C10H6Br2FNO2. The summed E-state index contributed by atoms with van der Waals surface area (Å²) >= 11 is 6.18. The average molecular weight is 351 g/mol. The highest BCUT2D eigenvalue weighted by molar-refractivity contribution is 9.12. The minimum atomic E-state index is -0.653. The molecule has 0 saturated carbocycles. The third-order valence-corrected chi connectivity index (χ3v) is 4.81. The monoisotopic (exact) mass is 349 g/mol. The van der Waals surface area contributed by atoms with E-state index in [1.165, 1.54) is 18.2 Å². The fourth-order valence-corrected chi connectivity index (χ4v) is 2.34. The van der Waals surface area contributed by atoms with Crippen LogP contribution in [0, 0.1) is 5.82 Å². The Morgan fingerprint density at radius 1 is 1.06 bits per heavy atom. The largest absolute Gasteiger partial charge is 0.273 e. The molecular weight excluding hydrogens is 345 g/mol. The highest BCUT2D eigenvalue weighted by atomic mass is 79.9. The zero-order valence-corrected chi connectivity index (χ0v) is 11.0. The summed E-state index contributed by atoms with van der Waals surface area (Å²) in [5, 5.41) is 0. The molecule has 16 heavy (non-hydrogen) atoms. The van der Waals surface area contributed by atoms with Crippen LogP contribution in [0.1, 0.15) is 0 Å². The summed E-state index contributed by atoms with van der Waals surface area (Å²) in [7, 11) is 0. The quantitative estimate of drug-likeness (QED) is 0.575. The first-order valence-electron chi connectivity index (χ1n) is 4.44. The summed E-state index contributed by atoms with van der Waals surface area (Å²) in [5.41, 5.74) is -0.0103. The van der Waals surface area contributed by atoms with Gasteiger partial charge in [0, 0.05) is 0 Å². The maximum absolute atomic E-state index is 13.5. The molecule has 0 bridgehead atoms. The van der Waals surface area contributed by atoms with Crippen LogP contribution < -0.4 is 4.90 Å². The molecule has 0 unspecified atom stereocenters. The second-order valence-corrected chi connectivity index (χ2v) is 5.24. The van der Waals surface area contributed by atoms with Crippen LogP contribution in [-0.2, 0) is 9.59 Å². The molecule has 1 aromatic rings. The number of alkyl halides is 2. The topological polar surface area (TPSA) is 37.4 Å². The Morgan fingerprint density at radius 2 is 1.56 bits per heavy atom. The first-order chi connectivity index (χ1) is 7.54. The van der Waals surface area contributed by atoms with Gasteiger partial charge in [0.1, 0.15) is 15.5 Å². The molecule has 0 aromatic heterocycles. The van der Waals surface area contributed by atoms with Crippen molar-refractivity contribution in [2.24, 2.45) is 0 Å². The lowest BCUT2D eigenvalue weighted by atomic mass is 10.3. The molecule has 1 aliphatic rings. The zero-order valence-electron chi connectivity index (χ0n) is 7.86. The Kier molecular flexibility index (Phi) is 3.12. The molecule has 2 atom stereocenters. The van der Waals surface area contributed by atoms with E-state index in [0.29, 0.717) is 0 Å². The van der Waals surface area contributed by atoms with Crippen LogP contribution in [0.3, 0.4) is 0 Å². The van der Waals surface area contributed by atoms with Gasteiger partial charge in [-0.15, -0.1) is 0 Å². The molecule has 6 heteroatoms. The minimum absolute atomic E-state index is 0.0103. The fraction of sp³-hybridized carbons (Fsp3) is 0.200. The average Bonchev–Trinajstić information content (AvgIpc) is 2.45. The Hall–Kier alpha value is -0.750. The van der Waals surface area contributed by atoms with Gasteiger partial charge in [0.25, 0.3) is 0 Å². The molecule has 3 nitrogen and oxygen atoms in total. The van der Waals surface area contributed by atoms with Crippen molar-refractivity contribution < 1.29 is 14.0 Å². The van der Waals surface area contributed by atoms with Gasteiger partial charge in [-0.3, -0.25) is 9.59 Å². The number of rotatable bonds is 1. The molecule has 0 radical (unpaired) electrons. The van der Waals surface area contributed by atoms with Gasteiger partial charge in [-0.1, -0.05) is 44.0 Å². The molecule has 1 aromatic carbocycles. The van der Waals surface area contributed by atoms with Crippen molar-refractivity contribution in [3.05, 3.63) is 30.1 Å². The lowest BCUT2D eigenvalue weighted by molar-refractivity contribution is -0.121. The maximum atomic E-state index is 13.5. The number of hydrogen-bond acceptors (Lipinski definition) is 2. The lowest BCUT2D eigenvalue weighted by Gasteiger charge is -2.14. The van der Waals surface area contributed by atoms with E-state index in [0.717, 1.165) is 4.90 Å². The van der Waals surface area contributed by atoms with Gasteiger partial charge >= 0.3 is 0 Å². The summed E-state index contributed by atoms with van der Waals surface area (Å²) in [6.45, 7) is 0. The van der Waals surface area contributed by atoms with Crippen LogP contribution in [0.5, 0.6) is 0 Å². The van der Waals surface area contributed by atoms with Gasteiger partial charge < -0.3 is 0 Å². The second-order valence-electron chi connectivity index (χ2n) is 3.27. The van der Waals surface area contributed by atoms with Crippen LogP contribution in [0.15, 0.2) is 24.3 Å². The number of hydrogen-bond donors (Lipinski definition) is 0. The van der Waals surface area contributed by atoms with Crippen molar-refractivity contribution in [1.82, 2.24) is 0 Å². The number of carbonyl (C=O) groups is 2. The molecule has 2 amide bonds. The summed E-state index contributed by atoms with van der Waals surface area (Å²) < 4.78 is 13.5. The summed E-state index contributed by atoms with van der Waals surface area (Å²) in [6.07, 6.45) is 0. The predicted octanol–water partition coefficient (Wildman–Crippen LogP) is 2.23. The van der Waals surface area contributed by atoms with E-state index in [9.17, 15) is 14.0 Å². The number of amides is 2. The molecule has 1 aliphatic heterocycles. The molecule has 0 spiro atoms. The van der Waals surface area contributed by atoms with Crippen LogP contribution >= 0.6 is 31.9 Å². The third kappa shape index (κ3) is 1.69. The molecule has 1 heterocycles. The molecule has 2 rings (SSSR count). The van der Waals surface area contributed by atoms with Crippen molar-refractivity contribution in [1.29, 1.82) is 0 Å². The Bertz CT molecular complexity index is 446. The first-order valence-corrected chi connectivity index (χ1v) is 6.27. The summed E-state index contributed by atoms with van der Waals surface area (Å²) in [4.78, 5) is 23.0. The minimum Gasteiger partial charge on any atom is -0.273 e. The van der Waals surface area contributed by atoms with E-state index in [4.69, 9.17) is 0 Å².